The summed E-state index contributed by atoms with van der Waals surface area (Å²) in [4.78, 5) is 12.8. The van der Waals surface area contributed by atoms with Gasteiger partial charge in [-0.05, 0) is 44.0 Å². The average Bonchev–Trinajstić information content (AvgIpc) is 2.41. The molecule has 0 radical (unpaired) electrons. The SMILES string of the molecule is C[C@H](C(=O)O)N1CCC(Oc2ccc(F)cc2)CC1. The number of hydrogen-bond acceptors (Lipinski definition) is 3. The van der Waals surface area contributed by atoms with Crippen molar-refractivity contribution in [2.75, 3.05) is 13.1 Å². The van der Waals surface area contributed by atoms with Gasteiger partial charge in [0.2, 0.25) is 0 Å². The number of likely N-dealkylation sites (tertiary alicyclic amines) is 1. The summed E-state index contributed by atoms with van der Waals surface area (Å²) >= 11 is 0. The van der Waals surface area contributed by atoms with Gasteiger partial charge in [0, 0.05) is 13.1 Å². The average molecular weight is 267 g/mol. The van der Waals surface area contributed by atoms with Crippen LogP contribution in [0, 0.1) is 5.82 Å². The minimum Gasteiger partial charge on any atom is -0.490 e. The molecule has 1 atom stereocenters. The molecule has 0 saturated carbocycles. The molecule has 1 N–H and O–H groups in total. The van der Waals surface area contributed by atoms with Crippen LogP contribution in [-0.4, -0.2) is 41.2 Å². The van der Waals surface area contributed by atoms with E-state index >= 15 is 0 Å². The minimum absolute atomic E-state index is 0.0720. The summed E-state index contributed by atoms with van der Waals surface area (Å²) in [5.41, 5.74) is 0. The summed E-state index contributed by atoms with van der Waals surface area (Å²) in [6.07, 6.45) is 1.65. The van der Waals surface area contributed by atoms with Crippen molar-refractivity contribution in [1.82, 2.24) is 4.90 Å². The molecule has 104 valence electrons. The van der Waals surface area contributed by atoms with E-state index in [9.17, 15) is 9.18 Å². The summed E-state index contributed by atoms with van der Waals surface area (Å²) in [5.74, 6) is -0.415. The Balaban J connectivity index is 1.83. The van der Waals surface area contributed by atoms with Crippen LogP contribution in [-0.2, 0) is 4.79 Å². The van der Waals surface area contributed by atoms with E-state index in [-0.39, 0.29) is 11.9 Å². The van der Waals surface area contributed by atoms with Crippen molar-refractivity contribution in [3.05, 3.63) is 30.1 Å². The third kappa shape index (κ3) is 3.67. The lowest BCUT2D eigenvalue weighted by atomic mass is 10.1. The van der Waals surface area contributed by atoms with Gasteiger partial charge in [0.15, 0.2) is 0 Å². The number of ether oxygens (including phenoxy) is 1. The summed E-state index contributed by atoms with van der Waals surface area (Å²) in [6.45, 7) is 3.11. The first kappa shape index (κ1) is 13.8. The lowest BCUT2D eigenvalue weighted by Crippen LogP contribution is -2.46. The van der Waals surface area contributed by atoms with Gasteiger partial charge in [0.1, 0.15) is 23.7 Å². The normalized spacial score (nSPS) is 19.1. The predicted molar refractivity (Wildman–Crippen MR) is 68.7 cm³/mol. The van der Waals surface area contributed by atoms with Gasteiger partial charge >= 0.3 is 5.97 Å². The Hall–Kier alpha value is -1.62. The molecular weight excluding hydrogens is 249 g/mol. The Bertz CT molecular complexity index is 427. The predicted octanol–water partition coefficient (Wildman–Crippen LogP) is 2.14. The van der Waals surface area contributed by atoms with E-state index in [4.69, 9.17) is 9.84 Å². The fourth-order valence-corrected chi connectivity index (χ4v) is 2.24. The van der Waals surface area contributed by atoms with Crippen molar-refractivity contribution >= 4 is 5.97 Å². The summed E-state index contributed by atoms with van der Waals surface area (Å²) in [5, 5.41) is 8.95. The molecule has 1 saturated heterocycles. The molecule has 1 fully saturated rings. The van der Waals surface area contributed by atoms with Gasteiger partial charge in [0.05, 0.1) is 0 Å². The van der Waals surface area contributed by atoms with Crippen molar-refractivity contribution in [1.29, 1.82) is 0 Å². The van der Waals surface area contributed by atoms with Gasteiger partial charge in [-0.3, -0.25) is 9.69 Å². The molecule has 0 bridgehead atoms. The molecule has 19 heavy (non-hydrogen) atoms. The molecule has 5 heteroatoms. The first-order valence-corrected chi connectivity index (χ1v) is 6.45. The van der Waals surface area contributed by atoms with E-state index in [0.717, 1.165) is 12.8 Å². The smallest absolute Gasteiger partial charge is 0.320 e. The van der Waals surface area contributed by atoms with Crippen LogP contribution in [0.4, 0.5) is 4.39 Å². The van der Waals surface area contributed by atoms with Gasteiger partial charge in [-0.2, -0.15) is 0 Å². The number of carbonyl (C=O) groups is 1. The van der Waals surface area contributed by atoms with E-state index < -0.39 is 12.0 Å². The number of halogens is 1. The Morgan fingerprint density at radius 3 is 2.47 bits per heavy atom. The molecule has 4 nitrogen and oxygen atoms in total. The number of piperidine rings is 1. The van der Waals surface area contributed by atoms with Gasteiger partial charge in [-0.15, -0.1) is 0 Å². The topological polar surface area (TPSA) is 49.8 Å². The highest BCUT2D eigenvalue weighted by Crippen LogP contribution is 2.20. The fraction of sp³-hybridized carbons (Fsp3) is 0.500. The maximum Gasteiger partial charge on any atom is 0.320 e. The van der Waals surface area contributed by atoms with E-state index in [2.05, 4.69) is 0 Å². The van der Waals surface area contributed by atoms with E-state index in [0.29, 0.717) is 18.8 Å². The van der Waals surface area contributed by atoms with Crippen LogP contribution in [0.2, 0.25) is 0 Å². The summed E-state index contributed by atoms with van der Waals surface area (Å²) in [6, 6.07) is 5.52. The number of aliphatic carboxylic acids is 1. The van der Waals surface area contributed by atoms with Crippen LogP contribution in [0.5, 0.6) is 5.75 Å². The molecule has 1 aliphatic heterocycles. The second kappa shape index (κ2) is 6.02. The number of benzene rings is 1. The summed E-state index contributed by atoms with van der Waals surface area (Å²) < 4.78 is 18.5. The third-order valence-electron chi connectivity index (χ3n) is 3.50. The Kier molecular flexibility index (Phi) is 4.37. The molecule has 0 unspecified atom stereocenters. The Labute approximate surface area is 111 Å². The van der Waals surface area contributed by atoms with Crippen LogP contribution < -0.4 is 4.74 Å². The molecule has 0 aromatic heterocycles. The number of carboxylic acid groups (broad SMARTS) is 1. The lowest BCUT2D eigenvalue weighted by molar-refractivity contribution is -0.143. The van der Waals surface area contributed by atoms with Crippen LogP contribution in [0.3, 0.4) is 0 Å². The highest BCUT2D eigenvalue weighted by atomic mass is 19.1. The number of carboxylic acids is 1. The van der Waals surface area contributed by atoms with Crippen LogP contribution in [0.15, 0.2) is 24.3 Å². The number of hydrogen-bond donors (Lipinski definition) is 1. The van der Waals surface area contributed by atoms with Crippen molar-refractivity contribution in [3.63, 3.8) is 0 Å². The molecule has 2 rings (SSSR count). The maximum atomic E-state index is 12.8. The van der Waals surface area contributed by atoms with Crippen LogP contribution in [0.1, 0.15) is 19.8 Å². The van der Waals surface area contributed by atoms with E-state index in [1.165, 1.54) is 12.1 Å². The first-order valence-electron chi connectivity index (χ1n) is 6.45. The molecule has 1 heterocycles. The van der Waals surface area contributed by atoms with Gasteiger partial charge in [-0.1, -0.05) is 0 Å². The maximum absolute atomic E-state index is 12.8. The lowest BCUT2D eigenvalue weighted by Gasteiger charge is -2.34. The second-order valence-corrected chi connectivity index (χ2v) is 4.82. The standard InChI is InChI=1S/C14H18FNO3/c1-10(14(17)18)16-8-6-13(7-9-16)19-12-4-2-11(15)3-5-12/h2-5,10,13H,6-9H2,1H3,(H,17,18)/t10-/m1/s1. The van der Waals surface area contributed by atoms with E-state index in [1.54, 1.807) is 19.1 Å². The minimum atomic E-state index is -0.794. The Morgan fingerprint density at radius 2 is 1.95 bits per heavy atom. The first-order chi connectivity index (χ1) is 9.06. The van der Waals surface area contributed by atoms with Crippen molar-refractivity contribution in [2.24, 2.45) is 0 Å². The van der Waals surface area contributed by atoms with Crippen LogP contribution >= 0.6 is 0 Å². The zero-order valence-corrected chi connectivity index (χ0v) is 10.9. The largest absolute Gasteiger partial charge is 0.490 e. The fourth-order valence-electron chi connectivity index (χ4n) is 2.24. The molecule has 0 amide bonds. The molecule has 0 spiro atoms. The van der Waals surface area contributed by atoms with Crippen molar-refractivity contribution < 1.29 is 19.0 Å². The zero-order valence-electron chi connectivity index (χ0n) is 10.9. The third-order valence-corrected chi connectivity index (χ3v) is 3.50. The summed E-state index contributed by atoms with van der Waals surface area (Å²) in [7, 11) is 0. The second-order valence-electron chi connectivity index (χ2n) is 4.82. The molecular formula is C14H18FNO3. The van der Waals surface area contributed by atoms with Gasteiger partial charge in [0.25, 0.3) is 0 Å². The molecule has 1 aliphatic rings. The number of rotatable bonds is 4. The van der Waals surface area contributed by atoms with Gasteiger partial charge < -0.3 is 9.84 Å². The monoisotopic (exact) mass is 267 g/mol. The molecule has 1 aromatic rings. The highest BCUT2D eigenvalue weighted by Gasteiger charge is 2.26. The van der Waals surface area contributed by atoms with Crippen molar-refractivity contribution in [3.8, 4) is 5.75 Å². The van der Waals surface area contributed by atoms with E-state index in [1.807, 2.05) is 4.90 Å². The van der Waals surface area contributed by atoms with Crippen LogP contribution in [0.25, 0.3) is 0 Å². The number of nitrogens with zero attached hydrogens (tertiary/aromatic N) is 1. The van der Waals surface area contributed by atoms with Gasteiger partial charge in [-0.25, -0.2) is 4.39 Å². The zero-order chi connectivity index (χ0) is 13.8. The Morgan fingerprint density at radius 1 is 1.37 bits per heavy atom. The van der Waals surface area contributed by atoms with Crippen molar-refractivity contribution in [2.45, 2.75) is 31.9 Å². The quantitative estimate of drug-likeness (QED) is 0.908. The molecule has 1 aromatic carbocycles. The highest BCUT2D eigenvalue weighted by molar-refractivity contribution is 5.72. The molecule has 0 aliphatic carbocycles.